The van der Waals surface area contributed by atoms with E-state index >= 15 is 0 Å². The number of hydrogen-bond donors (Lipinski definition) is 1. The minimum Gasteiger partial charge on any atom is -0.302 e. The van der Waals surface area contributed by atoms with Crippen molar-refractivity contribution in [3.8, 4) is 0 Å². The molecule has 1 aromatic rings. The summed E-state index contributed by atoms with van der Waals surface area (Å²) in [6, 6.07) is 0.783. The molecule has 0 spiro atoms. The molecule has 4 rings (SSSR count). The highest BCUT2D eigenvalue weighted by molar-refractivity contribution is 7.12. The zero-order chi connectivity index (χ0) is 12.9. The van der Waals surface area contributed by atoms with Crippen LogP contribution in [0.2, 0.25) is 0 Å². The molecule has 0 saturated heterocycles. The average Bonchev–Trinajstić information content (AvgIpc) is 2.82. The van der Waals surface area contributed by atoms with E-state index in [1.807, 2.05) is 11.3 Å². The molecule has 2 unspecified atom stereocenters. The van der Waals surface area contributed by atoms with Gasteiger partial charge in [0, 0.05) is 10.9 Å². The molecule has 19 heavy (non-hydrogen) atoms. The zero-order valence-electron chi connectivity index (χ0n) is 11.9. The minimum absolute atomic E-state index is 0.241. The fourth-order valence-corrected chi connectivity index (χ4v) is 5.55. The van der Waals surface area contributed by atoms with Crippen LogP contribution in [0, 0.1) is 5.92 Å². The first kappa shape index (κ1) is 12.3. The van der Waals surface area contributed by atoms with Crippen LogP contribution in [0.4, 0.5) is 0 Å². The number of nitrogens with one attached hydrogen (secondary N) is 1. The summed E-state index contributed by atoms with van der Waals surface area (Å²) >= 11 is 2.03. The van der Waals surface area contributed by atoms with E-state index in [9.17, 15) is 0 Å². The molecule has 0 amide bonds. The molecule has 0 bridgehead atoms. The summed E-state index contributed by atoms with van der Waals surface area (Å²) in [5, 5.41) is 5.46. The van der Waals surface area contributed by atoms with E-state index in [4.69, 9.17) is 4.98 Å². The van der Waals surface area contributed by atoms with E-state index in [2.05, 4.69) is 12.2 Å². The van der Waals surface area contributed by atoms with Crippen LogP contribution in [0.15, 0.2) is 0 Å². The van der Waals surface area contributed by atoms with Gasteiger partial charge in [-0.3, -0.25) is 0 Å². The predicted molar refractivity (Wildman–Crippen MR) is 79.6 cm³/mol. The van der Waals surface area contributed by atoms with Crippen molar-refractivity contribution in [3.63, 3.8) is 0 Å². The lowest BCUT2D eigenvalue weighted by atomic mass is 9.85. The molecule has 2 fully saturated rings. The molecule has 1 N–H and O–H groups in total. The lowest BCUT2D eigenvalue weighted by molar-refractivity contribution is 0.236. The van der Waals surface area contributed by atoms with Crippen LogP contribution in [0.5, 0.6) is 0 Å². The summed E-state index contributed by atoms with van der Waals surface area (Å²) in [4.78, 5) is 6.67. The molecule has 2 saturated carbocycles. The van der Waals surface area contributed by atoms with Gasteiger partial charge in [-0.15, -0.1) is 11.3 Å². The maximum absolute atomic E-state index is 5.08. The fraction of sp³-hybridized carbons (Fsp3) is 0.812. The van der Waals surface area contributed by atoms with Crippen molar-refractivity contribution in [2.75, 3.05) is 0 Å². The van der Waals surface area contributed by atoms with Crippen molar-refractivity contribution in [1.29, 1.82) is 0 Å². The van der Waals surface area contributed by atoms with E-state index in [-0.39, 0.29) is 5.54 Å². The van der Waals surface area contributed by atoms with Crippen molar-refractivity contribution >= 4 is 11.3 Å². The number of fused-ring (bicyclic) bond motifs is 1. The molecular formula is C16H24N2S. The number of aromatic nitrogens is 1. The Morgan fingerprint density at radius 3 is 2.89 bits per heavy atom. The number of hydrogen-bond acceptors (Lipinski definition) is 3. The van der Waals surface area contributed by atoms with Gasteiger partial charge in [0.25, 0.3) is 0 Å². The summed E-state index contributed by atoms with van der Waals surface area (Å²) in [7, 11) is 0. The maximum atomic E-state index is 5.08. The van der Waals surface area contributed by atoms with Crippen LogP contribution in [0.1, 0.15) is 67.4 Å². The number of rotatable bonds is 4. The molecule has 0 radical (unpaired) electrons. The highest BCUT2D eigenvalue weighted by atomic mass is 32.1. The van der Waals surface area contributed by atoms with Gasteiger partial charge < -0.3 is 5.32 Å². The summed E-state index contributed by atoms with van der Waals surface area (Å²) in [5.41, 5.74) is 1.67. The highest BCUT2D eigenvalue weighted by Crippen LogP contribution is 2.49. The van der Waals surface area contributed by atoms with E-state index in [0.29, 0.717) is 0 Å². The van der Waals surface area contributed by atoms with Crippen molar-refractivity contribution < 1.29 is 0 Å². The smallest absolute Gasteiger partial charge is 0.114 e. The number of aryl methyl sites for hydroxylation is 2. The third kappa shape index (κ3) is 1.97. The first-order chi connectivity index (χ1) is 9.32. The number of nitrogens with zero attached hydrogens (tertiary/aromatic N) is 1. The predicted octanol–water partition coefficient (Wildman–Crippen LogP) is 3.79. The summed E-state index contributed by atoms with van der Waals surface area (Å²) in [6.07, 6.45) is 12.0. The van der Waals surface area contributed by atoms with Crippen LogP contribution in [0.25, 0.3) is 0 Å². The lowest BCUT2D eigenvalue weighted by Gasteiger charge is -2.35. The Morgan fingerprint density at radius 2 is 2.16 bits per heavy atom. The molecule has 2 nitrogen and oxygen atoms in total. The second-order valence-corrected chi connectivity index (χ2v) is 7.71. The van der Waals surface area contributed by atoms with Crippen molar-refractivity contribution in [2.24, 2.45) is 5.92 Å². The summed E-state index contributed by atoms with van der Waals surface area (Å²) in [6.45, 7) is 2.36. The minimum atomic E-state index is 0.241. The van der Waals surface area contributed by atoms with Gasteiger partial charge in [0.15, 0.2) is 0 Å². The van der Waals surface area contributed by atoms with E-state index in [1.54, 1.807) is 4.88 Å². The maximum Gasteiger partial charge on any atom is 0.114 e. The molecule has 0 aliphatic heterocycles. The Kier molecular flexibility index (Phi) is 2.96. The van der Waals surface area contributed by atoms with Gasteiger partial charge in [-0.1, -0.05) is 19.8 Å². The van der Waals surface area contributed by atoms with Crippen LogP contribution in [-0.2, 0) is 18.4 Å². The van der Waals surface area contributed by atoms with Crippen LogP contribution >= 0.6 is 11.3 Å². The standard InChI is InChI=1S/C16H24N2S/c1-2-11-5-4-10-16(11,18-12-8-9-12)15-17-13-6-3-7-14(13)19-15/h11-12,18H,2-10H2,1H3. The lowest BCUT2D eigenvalue weighted by Crippen LogP contribution is -2.46. The van der Waals surface area contributed by atoms with Gasteiger partial charge in [-0.05, 0) is 50.9 Å². The van der Waals surface area contributed by atoms with E-state index in [0.717, 1.165) is 12.0 Å². The topological polar surface area (TPSA) is 24.9 Å². The third-order valence-electron chi connectivity index (χ3n) is 5.33. The zero-order valence-corrected chi connectivity index (χ0v) is 12.7. The molecule has 104 valence electrons. The molecule has 1 heterocycles. The van der Waals surface area contributed by atoms with Gasteiger partial charge in [-0.2, -0.15) is 0 Å². The van der Waals surface area contributed by atoms with Crippen LogP contribution in [-0.4, -0.2) is 11.0 Å². The molecule has 3 aliphatic rings. The van der Waals surface area contributed by atoms with Crippen molar-refractivity contribution in [1.82, 2.24) is 10.3 Å². The highest BCUT2D eigenvalue weighted by Gasteiger charge is 2.48. The van der Waals surface area contributed by atoms with Crippen molar-refractivity contribution in [3.05, 3.63) is 15.6 Å². The Balaban J connectivity index is 1.71. The normalized spacial score (nSPS) is 33.8. The van der Waals surface area contributed by atoms with Gasteiger partial charge in [0.1, 0.15) is 5.01 Å². The van der Waals surface area contributed by atoms with Gasteiger partial charge in [0.2, 0.25) is 0 Å². The molecule has 2 atom stereocenters. The van der Waals surface area contributed by atoms with Gasteiger partial charge in [0.05, 0.1) is 11.2 Å². The first-order valence-corrected chi connectivity index (χ1v) is 8.90. The van der Waals surface area contributed by atoms with Gasteiger partial charge >= 0.3 is 0 Å². The largest absolute Gasteiger partial charge is 0.302 e. The Bertz CT molecular complexity index is 456. The quantitative estimate of drug-likeness (QED) is 0.905. The van der Waals surface area contributed by atoms with E-state index in [1.165, 1.54) is 68.5 Å². The SMILES string of the molecule is CCC1CCCC1(NC1CC1)c1nc2c(s1)CCC2. The summed E-state index contributed by atoms with van der Waals surface area (Å²) in [5.74, 6) is 0.805. The molecule has 0 aromatic carbocycles. The third-order valence-corrected chi connectivity index (χ3v) is 6.66. The van der Waals surface area contributed by atoms with E-state index < -0.39 is 0 Å². The molecule has 1 aromatic heterocycles. The second-order valence-electron chi connectivity index (χ2n) is 6.63. The monoisotopic (exact) mass is 276 g/mol. The van der Waals surface area contributed by atoms with Crippen LogP contribution in [0.3, 0.4) is 0 Å². The Morgan fingerprint density at radius 1 is 1.26 bits per heavy atom. The Labute approximate surface area is 120 Å². The van der Waals surface area contributed by atoms with Crippen LogP contribution < -0.4 is 5.32 Å². The summed E-state index contributed by atoms with van der Waals surface area (Å²) < 4.78 is 0. The molecular weight excluding hydrogens is 252 g/mol. The van der Waals surface area contributed by atoms with Gasteiger partial charge in [-0.25, -0.2) is 4.98 Å². The first-order valence-electron chi connectivity index (χ1n) is 8.08. The fourth-order valence-electron chi connectivity index (χ4n) is 4.14. The van der Waals surface area contributed by atoms with Crippen molar-refractivity contribution in [2.45, 2.75) is 76.3 Å². The number of thiazole rings is 1. The second kappa shape index (κ2) is 4.56. The molecule has 3 heteroatoms. The average molecular weight is 276 g/mol. The molecule has 3 aliphatic carbocycles. The Hall–Kier alpha value is -0.410.